The van der Waals surface area contributed by atoms with Crippen molar-refractivity contribution >= 4 is 47.7 Å². The molecule has 1 radical (unpaired) electrons. The third-order valence-corrected chi connectivity index (χ3v) is 11.0. The molecule has 0 fully saturated rings. The van der Waals surface area contributed by atoms with Crippen molar-refractivity contribution in [2.24, 2.45) is 0 Å². The Hall–Kier alpha value is -2.73. The van der Waals surface area contributed by atoms with Gasteiger partial charge in [-0.3, -0.25) is 0 Å². The molecule has 0 amide bonds. The second-order valence-corrected chi connectivity index (χ2v) is 13.1. The van der Waals surface area contributed by atoms with Gasteiger partial charge in [0.05, 0.1) is 0 Å². The third kappa shape index (κ3) is 9.66. The first-order valence-electron chi connectivity index (χ1n) is 12.8. The number of benzene rings is 6. The van der Waals surface area contributed by atoms with E-state index in [4.69, 9.17) is 0 Å². The van der Waals surface area contributed by atoms with Gasteiger partial charge in [0.2, 0.25) is 0 Å². The monoisotopic (exact) mass is 653 g/mol. The summed E-state index contributed by atoms with van der Waals surface area (Å²) in [5, 5.41) is 8.39. The van der Waals surface area contributed by atoms with E-state index in [-0.39, 0.29) is 41.6 Å². The van der Waals surface area contributed by atoms with E-state index in [9.17, 15) is 0 Å². The van der Waals surface area contributed by atoms with Crippen molar-refractivity contribution in [3.05, 3.63) is 182 Å². The van der Waals surface area contributed by atoms with Gasteiger partial charge in [0.1, 0.15) is 0 Å². The quantitative estimate of drug-likeness (QED) is 0.235. The van der Waals surface area contributed by atoms with Crippen LogP contribution in [0.4, 0.5) is 0 Å². The maximum Gasteiger partial charge on any atom is 0 e. The fourth-order valence-corrected chi connectivity index (χ4v) is 8.97. The van der Waals surface area contributed by atoms with Crippen LogP contribution in [0, 0.1) is 0 Å². The van der Waals surface area contributed by atoms with Crippen molar-refractivity contribution in [2.75, 3.05) is 0 Å². The number of halogens is 2. The first-order chi connectivity index (χ1) is 18.9. The Morgan fingerprint density at radius 1 is 0.220 bits per heavy atom. The van der Waals surface area contributed by atoms with E-state index in [1.54, 1.807) is 0 Å². The summed E-state index contributed by atoms with van der Waals surface area (Å²) < 4.78 is 0. The summed E-state index contributed by atoms with van der Waals surface area (Å²) in [6, 6.07) is 64.7. The molecular formula is C36H30Cl2CoP2-2. The molecule has 0 N–H and O–H groups in total. The first-order valence-corrected chi connectivity index (χ1v) is 15.5. The summed E-state index contributed by atoms with van der Waals surface area (Å²) in [6.07, 6.45) is 0. The van der Waals surface area contributed by atoms with Crippen LogP contribution in [0.2, 0.25) is 0 Å². The molecule has 6 rings (SSSR count). The van der Waals surface area contributed by atoms with Crippen molar-refractivity contribution in [1.82, 2.24) is 0 Å². The van der Waals surface area contributed by atoms with Gasteiger partial charge in [0.15, 0.2) is 0 Å². The molecule has 0 unspecified atom stereocenters. The molecule has 0 spiro atoms. The zero-order chi connectivity index (χ0) is 25.8. The molecular weight excluding hydrogens is 624 g/mol. The van der Waals surface area contributed by atoms with E-state index in [0.29, 0.717) is 0 Å². The largest absolute Gasteiger partial charge is 1.00 e. The maximum atomic E-state index is 2.23. The van der Waals surface area contributed by atoms with Crippen molar-refractivity contribution in [3.8, 4) is 0 Å². The third-order valence-electron chi connectivity index (χ3n) is 6.09. The zero-order valence-corrected chi connectivity index (χ0v) is 26.6. The summed E-state index contributed by atoms with van der Waals surface area (Å²) in [4.78, 5) is 0. The second-order valence-electron chi connectivity index (χ2n) is 8.68. The van der Waals surface area contributed by atoms with Crippen LogP contribution in [0.5, 0.6) is 0 Å². The van der Waals surface area contributed by atoms with Crippen LogP contribution in [0.15, 0.2) is 182 Å². The van der Waals surface area contributed by atoms with E-state index in [1.807, 2.05) is 0 Å². The molecule has 41 heavy (non-hydrogen) atoms. The molecule has 0 heterocycles. The van der Waals surface area contributed by atoms with Crippen LogP contribution >= 0.6 is 15.8 Å². The first kappa shape index (κ1) is 34.5. The maximum absolute atomic E-state index is 2.23. The van der Waals surface area contributed by atoms with E-state index in [2.05, 4.69) is 182 Å². The number of hydrogen-bond acceptors (Lipinski definition) is 0. The smallest absolute Gasteiger partial charge is 0 e. The van der Waals surface area contributed by atoms with Crippen LogP contribution in [0.25, 0.3) is 0 Å². The molecule has 0 atom stereocenters. The van der Waals surface area contributed by atoms with Crippen molar-refractivity contribution in [1.29, 1.82) is 0 Å². The van der Waals surface area contributed by atoms with Crippen LogP contribution < -0.4 is 56.6 Å². The zero-order valence-electron chi connectivity index (χ0n) is 22.3. The van der Waals surface area contributed by atoms with Gasteiger partial charge in [-0.1, -0.05) is 182 Å². The Kier molecular flexibility index (Phi) is 15.7. The molecule has 0 saturated heterocycles. The van der Waals surface area contributed by atoms with Gasteiger partial charge < -0.3 is 24.8 Å². The van der Waals surface area contributed by atoms with E-state index in [0.717, 1.165) is 0 Å². The Morgan fingerprint density at radius 3 is 0.463 bits per heavy atom. The molecule has 0 aliphatic rings. The minimum Gasteiger partial charge on any atom is -1.00 e. The van der Waals surface area contributed by atoms with Gasteiger partial charge >= 0.3 is 0 Å². The van der Waals surface area contributed by atoms with Crippen LogP contribution in [-0.2, 0) is 16.8 Å². The standard InChI is InChI=1S/2C18H15P.2ClH.Co/c2*1-4-10-16(11-5-1)19(17-12-6-2-7-13-17)18-14-8-3-9-15-18;;;/h2*1-15H;2*1H;/p-2. The molecule has 6 aromatic carbocycles. The van der Waals surface area contributed by atoms with E-state index >= 15 is 0 Å². The molecule has 5 heteroatoms. The fraction of sp³-hybridized carbons (Fsp3) is 0. The Balaban J connectivity index is 0.000000267. The van der Waals surface area contributed by atoms with Gasteiger partial charge in [0, 0.05) is 16.8 Å². The van der Waals surface area contributed by atoms with Crippen LogP contribution in [0.3, 0.4) is 0 Å². The summed E-state index contributed by atoms with van der Waals surface area (Å²) >= 11 is 0. The molecule has 0 saturated carbocycles. The predicted molar refractivity (Wildman–Crippen MR) is 170 cm³/mol. The van der Waals surface area contributed by atoms with Crippen molar-refractivity contribution in [2.45, 2.75) is 0 Å². The normalized spacial score (nSPS) is 9.80. The minimum atomic E-state index is -0.446. The molecule has 0 aliphatic carbocycles. The average Bonchev–Trinajstić information content (AvgIpc) is 3.01. The Bertz CT molecular complexity index is 1180. The van der Waals surface area contributed by atoms with Crippen LogP contribution in [-0.4, -0.2) is 0 Å². The summed E-state index contributed by atoms with van der Waals surface area (Å²) in [5.41, 5.74) is 0. The van der Waals surface area contributed by atoms with Crippen LogP contribution in [0.1, 0.15) is 0 Å². The number of rotatable bonds is 6. The van der Waals surface area contributed by atoms with Gasteiger partial charge in [-0.2, -0.15) is 0 Å². The second kappa shape index (κ2) is 18.6. The summed E-state index contributed by atoms with van der Waals surface area (Å²) in [6.45, 7) is 0. The average molecular weight is 654 g/mol. The van der Waals surface area contributed by atoms with Gasteiger partial charge in [0.25, 0.3) is 0 Å². The van der Waals surface area contributed by atoms with Gasteiger partial charge in [-0.05, 0) is 47.7 Å². The molecule has 0 nitrogen and oxygen atoms in total. The minimum absolute atomic E-state index is 0. The summed E-state index contributed by atoms with van der Waals surface area (Å²) in [7, 11) is -0.892. The van der Waals surface area contributed by atoms with Crippen molar-refractivity contribution < 1.29 is 41.6 Å². The van der Waals surface area contributed by atoms with E-state index in [1.165, 1.54) is 31.8 Å². The number of hydrogen-bond donors (Lipinski definition) is 0. The fourth-order valence-electron chi connectivity index (χ4n) is 4.36. The molecule has 0 aliphatic heterocycles. The SMILES string of the molecule is [Cl-].[Cl-].[Co].c1ccc(P(c2ccccc2)c2ccccc2)cc1.c1ccc(P(c2ccccc2)c2ccccc2)cc1. The Morgan fingerprint density at radius 2 is 0.341 bits per heavy atom. The van der Waals surface area contributed by atoms with Gasteiger partial charge in [-0.25, -0.2) is 0 Å². The molecule has 6 aromatic rings. The van der Waals surface area contributed by atoms with Crippen molar-refractivity contribution in [3.63, 3.8) is 0 Å². The van der Waals surface area contributed by atoms with E-state index < -0.39 is 15.8 Å². The summed E-state index contributed by atoms with van der Waals surface area (Å²) in [5.74, 6) is 0. The van der Waals surface area contributed by atoms with Gasteiger partial charge in [-0.15, -0.1) is 0 Å². The Labute approximate surface area is 269 Å². The molecule has 209 valence electrons. The molecule has 0 bridgehead atoms. The molecule has 0 aromatic heterocycles. The predicted octanol–water partition coefficient (Wildman–Crippen LogP) is 0.895. The topological polar surface area (TPSA) is 0 Å².